The van der Waals surface area contributed by atoms with Crippen LogP contribution < -0.4 is 10.6 Å². The Hall–Kier alpha value is -1.09. The third kappa shape index (κ3) is 3.02. The van der Waals surface area contributed by atoms with Gasteiger partial charge < -0.3 is 10.6 Å². The molecule has 0 aliphatic carbocycles. The summed E-state index contributed by atoms with van der Waals surface area (Å²) in [6, 6.07) is 5.17. The molecule has 1 fully saturated rings. The lowest BCUT2D eigenvalue weighted by Crippen LogP contribution is -2.33. The molecule has 0 bridgehead atoms. The van der Waals surface area contributed by atoms with Gasteiger partial charge in [0.1, 0.15) is 5.82 Å². The van der Waals surface area contributed by atoms with E-state index in [4.69, 9.17) is 5.73 Å². The summed E-state index contributed by atoms with van der Waals surface area (Å²) in [6.45, 7) is 7.77. The highest BCUT2D eigenvalue weighted by atomic mass is 15.2. The Kier molecular flexibility index (Phi) is 4.23. The summed E-state index contributed by atoms with van der Waals surface area (Å²) < 4.78 is 0. The highest BCUT2D eigenvalue weighted by molar-refractivity contribution is 5.42. The van der Waals surface area contributed by atoms with Crippen LogP contribution in [0.3, 0.4) is 0 Å². The van der Waals surface area contributed by atoms with Crippen LogP contribution in [0.15, 0.2) is 18.3 Å². The molecule has 0 aromatic carbocycles. The molecule has 0 radical (unpaired) electrons. The molecule has 1 saturated heterocycles. The van der Waals surface area contributed by atoms with Crippen LogP contribution in [0.25, 0.3) is 0 Å². The Labute approximate surface area is 110 Å². The maximum atomic E-state index is 5.81. The van der Waals surface area contributed by atoms with Crippen molar-refractivity contribution in [1.82, 2.24) is 4.98 Å². The van der Waals surface area contributed by atoms with Crippen LogP contribution in [-0.2, 0) is 6.42 Å². The zero-order chi connectivity index (χ0) is 13.1. The van der Waals surface area contributed by atoms with E-state index in [1.165, 1.54) is 18.4 Å². The molecular formula is C15H25N3. The lowest BCUT2D eigenvalue weighted by Gasteiger charge is -2.28. The predicted octanol–water partition coefficient (Wildman–Crippen LogP) is 2.60. The van der Waals surface area contributed by atoms with Gasteiger partial charge in [-0.25, -0.2) is 4.98 Å². The van der Waals surface area contributed by atoms with Crippen molar-refractivity contribution in [3.8, 4) is 0 Å². The number of hydrogen-bond donors (Lipinski definition) is 1. The van der Waals surface area contributed by atoms with Gasteiger partial charge in [-0.05, 0) is 43.7 Å². The summed E-state index contributed by atoms with van der Waals surface area (Å²) in [7, 11) is 0. The molecule has 0 spiro atoms. The largest absolute Gasteiger partial charge is 0.353 e. The van der Waals surface area contributed by atoms with Crippen LogP contribution in [0.1, 0.15) is 39.2 Å². The van der Waals surface area contributed by atoms with Gasteiger partial charge in [-0.1, -0.05) is 19.9 Å². The molecule has 2 atom stereocenters. The SMILES string of the molecule is CC(N)Cc1ccc(N2CCCC2C(C)C)nc1. The zero-order valence-corrected chi connectivity index (χ0v) is 11.8. The highest BCUT2D eigenvalue weighted by Crippen LogP contribution is 2.28. The lowest BCUT2D eigenvalue weighted by atomic mass is 10.0. The van der Waals surface area contributed by atoms with Crippen LogP contribution in [0.2, 0.25) is 0 Å². The van der Waals surface area contributed by atoms with E-state index in [-0.39, 0.29) is 6.04 Å². The van der Waals surface area contributed by atoms with Crippen molar-refractivity contribution >= 4 is 5.82 Å². The van der Waals surface area contributed by atoms with Gasteiger partial charge in [0.2, 0.25) is 0 Å². The third-order valence-electron chi connectivity index (χ3n) is 3.73. The molecule has 0 amide bonds. The average Bonchev–Trinajstić information content (AvgIpc) is 2.78. The molecule has 2 heterocycles. The Bertz CT molecular complexity index is 370. The van der Waals surface area contributed by atoms with Crippen molar-refractivity contribution in [1.29, 1.82) is 0 Å². The molecule has 2 rings (SSSR count). The van der Waals surface area contributed by atoms with Crippen molar-refractivity contribution in [2.75, 3.05) is 11.4 Å². The number of pyridine rings is 1. The fraction of sp³-hybridized carbons (Fsp3) is 0.667. The molecule has 2 N–H and O–H groups in total. The normalized spacial score (nSPS) is 21.6. The standard InChI is InChI=1S/C15H25N3/c1-11(2)14-5-4-8-18(14)15-7-6-13(10-17-15)9-12(3)16/h6-7,10-12,14H,4-5,8-9,16H2,1-3H3. The Morgan fingerprint density at radius 2 is 2.17 bits per heavy atom. The minimum atomic E-state index is 0.202. The maximum absolute atomic E-state index is 5.81. The quantitative estimate of drug-likeness (QED) is 0.889. The summed E-state index contributed by atoms with van der Waals surface area (Å²) in [6.07, 6.45) is 5.46. The fourth-order valence-corrected chi connectivity index (χ4v) is 2.85. The number of nitrogens with two attached hydrogens (primary N) is 1. The van der Waals surface area contributed by atoms with E-state index in [9.17, 15) is 0 Å². The van der Waals surface area contributed by atoms with Gasteiger partial charge in [0.25, 0.3) is 0 Å². The molecule has 3 nitrogen and oxygen atoms in total. The monoisotopic (exact) mass is 247 g/mol. The Balaban J connectivity index is 2.09. The molecule has 1 aromatic heterocycles. The lowest BCUT2D eigenvalue weighted by molar-refractivity contribution is 0.489. The van der Waals surface area contributed by atoms with Crippen molar-refractivity contribution < 1.29 is 0 Å². The Morgan fingerprint density at radius 1 is 1.39 bits per heavy atom. The van der Waals surface area contributed by atoms with Gasteiger partial charge in [-0.15, -0.1) is 0 Å². The van der Waals surface area contributed by atoms with Crippen LogP contribution >= 0.6 is 0 Å². The molecule has 100 valence electrons. The van der Waals surface area contributed by atoms with Gasteiger partial charge in [0, 0.05) is 24.8 Å². The number of nitrogens with zero attached hydrogens (tertiary/aromatic N) is 2. The smallest absolute Gasteiger partial charge is 0.128 e. The predicted molar refractivity (Wildman–Crippen MR) is 76.8 cm³/mol. The summed E-state index contributed by atoms with van der Waals surface area (Å²) in [4.78, 5) is 7.08. The highest BCUT2D eigenvalue weighted by Gasteiger charge is 2.27. The first-order valence-corrected chi connectivity index (χ1v) is 7.05. The van der Waals surface area contributed by atoms with E-state index in [1.807, 2.05) is 13.1 Å². The van der Waals surface area contributed by atoms with E-state index in [2.05, 4.69) is 35.9 Å². The first kappa shape index (κ1) is 13.3. The summed E-state index contributed by atoms with van der Waals surface area (Å²) in [5.74, 6) is 1.82. The first-order valence-electron chi connectivity index (χ1n) is 7.05. The minimum absolute atomic E-state index is 0.202. The average molecular weight is 247 g/mol. The molecule has 0 saturated carbocycles. The van der Waals surface area contributed by atoms with E-state index in [1.54, 1.807) is 0 Å². The number of hydrogen-bond acceptors (Lipinski definition) is 3. The molecule has 1 aliphatic rings. The third-order valence-corrected chi connectivity index (χ3v) is 3.73. The second kappa shape index (κ2) is 5.70. The van der Waals surface area contributed by atoms with Crippen LogP contribution in [-0.4, -0.2) is 23.6 Å². The number of aromatic nitrogens is 1. The van der Waals surface area contributed by atoms with Crippen LogP contribution in [0.4, 0.5) is 5.82 Å². The van der Waals surface area contributed by atoms with Crippen molar-refractivity contribution in [3.05, 3.63) is 23.9 Å². The van der Waals surface area contributed by atoms with Crippen LogP contribution in [0, 0.1) is 5.92 Å². The topological polar surface area (TPSA) is 42.1 Å². The second-order valence-electron chi connectivity index (χ2n) is 5.85. The van der Waals surface area contributed by atoms with Gasteiger partial charge in [-0.3, -0.25) is 0 Å². The van der Waals surface area contributed by atoms with Crippen molar-refractivity contribution in [3.63, 3.8) is 0 Å². The van der Waals surface area contributed by atoms with Crippen molar-refractivity contribution in [2.45, 2.75) is 52.1 Å². The van der Waals surface area contributed by atoms with Gasteiger partial charge in [0.05, 0.1) is 0 Å². The molecule has 18 heavy (non-hydrogen) atoms. The van der Waals surface area contributed by atoms with Gasteiger partial charge in [-0.2, -0.15) is 0 Å². The number of rotatable bonds is 4. The molecule has 1 aromatic rings. The summed E-state index contributed by atoms with van der Waals surface area (Å²) in [5, 5.41) is 0. The van der Waals surface area contributed by atoms with Gasteiger partial charge >= 0.3 is 0 Å². The van der Waals surface area contributed by atoms with Crippen molar-refractivity contribution in [2.24, 2.45) is 11.7 Å². The van der Waals surface area contributed by atoms with Crippen LogP contribution in [0.5, 0.6) is 0 Å². The van der Waals surface area contributed by atoms with E-state index >= 15 is 0 Å². The van der Waals surface area contributed by atoms with E-state index < -0.39 is 0 Å². The van der Waals surface area contributed by atoms with E-state index in [0.717, 1.165) is 18.8 Å². The second-order valence-corrected chi connectivity index (χ2v) is 5.85. The summed E-state index contributed by atoms with van der Waals surface area (Å²) >= 11 is 0. The molecule has 3 heteroatoms. The number of anilines is 1. The maximum Gasteiger partial charge on any atom is 0.128 e. The molecular weight excluding hydrogens is 222 g/mol. The molecule has 2 unspecified atom stereocenters. The van der Waals surface area contributed by atoms with Gasteiger partial charge in [0.15, 0.2) is 0 Å². The fourth-order valence-electron chi connectivity index (χ4n) is 2.85. The van der Waals surface area contributed by atoms with E-state index in [0.29, 0.717) is 12.0 Å². The Morgan fingerprint density at radius 3 is 2.72 bits per heavy atom. The first-order chi connectivity index (χ1) is 8.58. The zero-order valence-electron chi connectivity index (χ0n) is 11.8. The molecule has 1 aliphatic heterocycles. The minimum Gasteiger partial charge on any atom is -0.353 e. The summed E-state index contributed by atoms with van der Waals surface area (Å²) in [5.41, 5.74) is 7.04.